The highest BCUT2D eigenvalue weighted by Crippen LogP contribution is 2.23. The van der Waals surface area contributed by atoms with Gasteiger partial charge in [-0.05, 0) is 40.0 Å². The van der Waals surface area contributed by atoms with Gasteiger partial charge < -0.3 is 14.7 Å². The normalized spacial score (nSPS) is 21.2. The Morgan fingerprint density at radius 2 is 2.04 bits per heavy atom. The van der Waals surface area contributed by atoms with Crippen LogP contribution in [-0.2, 0) is 9.53 Å². The zero-order chi connectivity index (χ0) is 17.6. The third-order valence-corrected chi connectivity index (χ3v) is 3.72. The number of β-amino-alcohol motifs (C(OH)–C–C–N with tert-alkyl or cyclic N) is 1. The van der Waals surface area contributed by atoms with E-state index in [1.807, 2.05) is 6.08 Å². The molecule has 0 spiro atoms. The molecule has 2 atom stereocenters. The van der Waals surface area contributed by atoms with Crippen LogP contribution >= 0.6 is 0 Å². The molecule has 0 radical (unpaired) electrons. The Morgan fingerprint density at radius 1 is 1.39 bits per heavy atom. The van der Waals surface area contributed by atoms with E-state index in [0.717, 1.165) is 19.3 Å². The minimum Gasteiger partial charge on any atom is -0.444 e. The van der Waals surface area contributed by atoms with Gasteiger partial charge >= 0.3 is 6.09 Å². The van der Waals surface area contributed by atoms with Crippen LogP contribution in [0, 0.1) is 0 Å². The zero-order valence-corrected chi connectivity index (χ0v) is 14.7. The molecule has 1 rings (SSSR count). The monoisotopic (exact) mass is 326 g/mol. The van der Waals surface area contributed by atoms with Crippen molar-refractivity contribution in [3.8, 4) is 0 Å². The first-order valence-electron chi connectivity index (χ1n) is 8.19. The third-order valence-electron chi connectivity index (χ3n) is 3.72. The van der Waals surface area contributed by atoms with E-state index in [4.69, 9.17) is 4.74 Å². The van der Waals surface area contributed by atoms with E-state index >= 15 is 0 Å². The van der Waals surface area contributed by atoms with Crippen molar-refractivity contribution >= 4 is 12.0 Å². The summed E-state index contributed by atoms with van der Waals surface area (Å²) in [6.45, 7) is 9.77. The number of hydrogen-bond acceptors (Lipinski definition) is 4. The lowest BCUT2D eigenvalue weighted by molar-refractivity contribution is -0.134. The van der Waals surface area contributed by atoms with E-state index in [9.17, 15) is 14.7 Å². The van der Waals surface area contributed by atoms with Crippen LogP contribution in [0.2, 0.25) is 0 Å². The number of nitrogens with zero attached hydrogens (tertiary/aromatic N) is 2. The van der Waals surface area contributed by atoms with Crippen molar-refractivity contribution in [3.63, 3.8) is 0 Å². The first-order chi connectivity index (χ1) is 10.7. The molecule has 2 amide bonds. The van der Waals surface area contributed by atoms with Gasteiger partial charge in [-0.2, -0.15) is 0 Å². The fourth-order valence-corrected chi connectivity index (χ4v) is 2.57. The Balaban J connectivity index is 2.65. The average Bonchev–Trinajstić information content (AvgIpc) is 2.83. The minimum absolute atomic E-state index is 0.135. The third kappa shape index (κ3) is 6.22. The second kappa shape index (κ2) is 8.34. The summed E-state index contributed by atoms with van der Waals surface area (Å²) >= 11 is 0. The summed E-state index contributed by atoms with van der Waals surface area (Å²) in [6.07, 6.45) is 3.67. The maximum absolute atomic E-state index is 12.6. The number of hydrogen-bond donors (Lipinski definition) is 1. The Bertz CT molecular complexity index is 431. The smallest absolute Gasteiger partial charge is 0.411 e. The van der Waals surface area contributed by atoms with Gasteiger partial charge in [0, 0.05) is 20.0 Å². The molecule has 1 N–H and O–H groups in total. The van der Waals surface area contributed by atoms with E-state index in [0.29, 0.717) is 6.54 Å². The number of likely N-dealkylation sites (N-methyl/N-ethyl adjacent to an activating group) is 1. The van der Waals surface area contributed by atoms with Crippen LogP contribution in [-0.4, -0.2) is 64.8 Å². The number of aliphatic hydroxyl groups excluding tert-OH is 1. The molecule has 0 aromatic heterocycles. The molecule has 1 heterocycles. The lowest BCUT2D eigenvalue weighted by atomic mass is 10.1. The van der Waals surface area contributed by atoms with Crippen molar-refractivity contribution in [2.75, 3.05) is 20.1 Å². The zero-order valence-electron chi connectivity index (χ0n) is 14.7. The quantitative estimate of drug-likeness (QED) is 0.600. The van der Waals surface area contributed by atoms with Crippen LogP contribution in [0.4, 0.5) is 4.79 Å². The summed E-state index contributed by atoms with van der Waals surface area (Å²) in [7, 11) is 1.73. The lowest BCUT2D eigenvalue weighted by Gasteiger charge is -2.30. The molecule has 0 saturated carbocycles. The van der Waals surface area contributed by atoms with Crippen molar-refractivity contribution in [3.05, 3.63) is 12.7 Å². The molecule has 132 valence electrons. The standard InChI is InChI=1S/C17H30N2O4/c1-6-7-8-9-10-18(5)15(21)14-11-13(20)12-19(14)16(22)23-17(2,3)4/h6,13-14,20H,1,7-12H2,2-5H3/t13-,14-/m1/s1. The molecule has 0 unspecified atom stereocenters. The molecule has 1 saturated heterocycles. The molecule has 0 aliphatic carbocycles. The van der Waals surface area contributed by atoms with Crippen molar-refractivity contribution in [2.45, 2.75) is 64.2 Å². The van der Waals surface area contributed by atoms with Crippen molar-refractivity contribution in [1.29, 1.82) is 0 Å². The van der Waals surface area contributed by atoms with Gasteiger partial charge in [0.1, 0.15) is 11.6 Å². The summed E-state index contributed by atoms with van der Waals surface area (Å²) < 4.78 is 5.34. The molecule has 1 fully saturated rings. The van der Waals surface area contributed by atoms with Crippen LogP contribution in [0.15, 0.2) is 12.7 Å². The number of unbranched alkanes of at least 4 members (excludes halogenated alkanes) is 2. The van der Waals surface area contributed by atoms with E-state index in [1.54, 1.807) is 32.7 Å². The van der Waals surface area contributed by atoms with Gasteiger partial charge in [-0.15, -0.1) is 6.58 Å². The van der Waals surface area contributed by atoms with Crippen LogP contribution in [0.25, 0.3) is 0 Å². The predicted molar refractivity (Wildman–Crippen MR) is 89.0 cm³/mol. The molecule has 0 bridgehead atoms. The Hall–Kier alpha value is -1.56. The van der Waals surface area contributed by atoms with Crippen LogP contribution < -0.4 is 0 Å². The summed E-state index contributed by atoms with van der Waals surface area (Å²) in [4.78, 5) is 27.8. The van der Waals surface area contributed by atoms with Gasteiger partial charge in [0.05, 0.1) is 12.6 Å². The summed E-state index contributed by atoms with van der Waals surface area (Å²) in [5, 5.41) is 9.86. The fraction of sp³-hybridized carbons (Fsp3) is 0.765. The van der Waals surface area contributed by atoms with E-state index in [-0.39, 0.29) is 18.9 Å². The summed E-state index contributed by atoms with van der Waals surface area (Å²) in [6, 6.07) is -0.649. The number of allylic oxidation sites excluding steroid dienone is 1. The maximum atomic E-state index is 12.6. The number of ether oxygens (including phenoxy) is 1. The predicted octanol–water partition coefficient (Wildman–Crippen LogP) is 2.17. The molecule has 0 aromatic rings. The number of amides is 2. The number of carbonyl (C=O) groups is 2. The fourth-order valence-electron chi connectivity index (χ4n) is 2.57. The van der Waals surface area contributed by atoms with Crippen LogP contribution in [0.3, 0.4) is 0 Å². The van der Waals surface area contributed by atoms with E-state index in [1.165, 1.54) is 4.90 Å². The van der Waals surface area contributed by atoms with Gasteiger partial charge in [0.15, 0.2) is 0 Å². The minimum atomic E-state index is -0.689. The molecule has 23 heavy (non-hydrogen) atoms. The second-order valence-electron chi connectivity index (χ2n) is 7.08. The van der Waals surface area contributed by atoms with Crippen LogP contribution in [0.5, 0.6) is 0 Å². The lowest BCUT2D eigenvalue weighted by Crippen LogP contribution is -2.48. The Labute approximate surface area is 139 Å². The van der Waals surface area contributed by atoms with E-state index < -0.39 is 23.8 Å². The number of likely N-dealkylation sites (tertiary alicyclic amines) is 1. The first-order valence-corrected chi connectivity index (χ1v) is 8.19. The molecular formula is C17H30N2O4. The molecule has 0 aromatic carbocycles. The van der Waals surface area contributed by atoms with Crippen LogP contribution in [0.1, 0.15) is 46.5 Å². The molecule has 1 aliphatic rings. The maximum Gasteiger partial charge on any atom is 0.411 e. The van der Waals surface area contributed by atoms with Gasteiger partial charge in [-0.3, -0.25) is 9.69 Å². The molecule has 6 nitrogen and oxygen atoms in total. The summed E-state index contributed by atoms with van der Waals surface area (Å²) in [5.74, 6) is -0.147. The molecule has 6 heteroatoms. The number of rotatable bonds is 6. The van der Waals surface area contributed by atoms with Crippen molar-refractivity contribution in [1.82, 2.24) is 9.80 Å². The van der Waals surface area contributed by atoms with E-state index in [2.05, 4.69) is 6.58 Å². The topological polar surface area (TPSA) is 70.1 Å². The van der Waals surface area contributed by atoms with Gasteiger partial charge in [0.2, 0.25) is 5.91 Å². The molecular weight excluding hydrogens is 296 g/mol. The van der Waals surface area contributed by atoms with Crippen molar-refractivity contribution < 1.29 is 19.4 Å². The highest BCUT2D eigenvalue weighted by Gasteiger charge is 2.41. The molecule has 1 aliphatic heterocycles. The average molecular weight is 326 g/mol. The highest BCUT2D eigenvalue weighted by atomic mass is 16.6. The Kier molecular flexibility index (Phi) is 7.06. The van der Waals surface area contributed by atoms with Gasteiger partial charge in [-0.1, -0.05) is 6.08 Å². The Morgan fingerprint density at radius 3 is 2.61 bits per heavy atom. The summed E-state index contributed by atoms with van der Waals surface area (Å²) in [5.41, 5.74) is -0.630. The van der Waals surface area contributed by atoms with Gasteiger partial charge in [0.25, 0.3) is 0 Å². The SMILES string of the molecule is C=CCCCCN(C)C(=O)[C@H]1C[C@@H](O)CN1C(=O)OC(C)(C)C. The van der Waals surface area contributed by atoms with Crippen molar-refractivity contribution in [2.24, 2.45) is 0 Å². The number of carbonyl (C=O) groups excluding carboxylic acids is 2. The first kappa shape index (κ1) is 19.5. The highest BCUT2D eigenvalue weighted by molar-refractivity contribution is 5.86. The largest absolute Gasteiger partial charge is 0.444 e. The second-order valence-corrected chi connectivity index (χ2v) is 7.08. The van der Waals surface area contributed by atoms with Gasteiger partial charge in [-0.25, -0.2) is 4.79 Å². The number of aliphatic hydroxyl groups is 1.